The van der Waals surface area contributed by atoms with Crippen molar-refractivity contribution in [2.75, 3.05) is 0 Å². The van der Waals surface area contributed by atoms with E-state index < -0.39 is 0 Å². The topological polar surface area (TPSA) is 12.9 Å². The number of nitrogens with zero attached hydrogens (tertiary/aromatic N) is 1. The first-order chi connectivity index (χ1) is 14.3. The smallest absolute Gasteiger partial charge is 0.0702 e. The summed E-state index contributed by atoms with van der Waals surface area (Å²) in [5, 5.41) is 0. The van der Waals surface area contributed by atoms with Gasteiger partial charge in [0.05, 0.1) is 5.69 Å². The Morgan fingerprint density at radius 1 is 0.690 bits per heavy atom. The Kier molecular flexibility index (Phi) is 7.06. The molecular weight excluding hydrogens is 350 g/mol. The standard InChI is InChI=1S/C28H39N/c1-3-5-22-8-12-25(13-9-22)27-18-19-28(29-20-27)26-16-14-24(15-17-26)23-10-6-21(4-2)7-11-23/h14-23,25H,3-13H2,1-2H3. The lowest BCUT2D eigenvalue weighted by atomic mass is 9.77. The first-order valence-corrected chi connectivity index (χ1v) is 12.3. The Hall–Kier alpha value is -1.63. The summed E-state index contributed by atoms with van der Waals surface area (Å²) in [6.45, 7) is 4.66. The van der Waals surface area contributed by atoms with E-state index in [0.29, 0.717) is 0 Å². The zero-order chi connectivity index (χ0) is 20.1. The van der Waals surface area contributed by atoms with E-state index in [-0.39, 0.29) is 0 Å². The molecule has 0 aliphatic heterocycles. The van der Waals surface area contributed by atoms with Gasteiger partial charge < -0.3 is 0 Å². The van der Waals surface area contributed by atoms with Crippen LogP contribution in [0, 0.1) is 11.8 Å². The summed E-state index contributed by atoms with van der Waals surface area (Å²) in [5.41, 5.74) is 5.36. The Morgan fingerprint density at radius 2 is 1.28 bits per heavy atom. The second-order valence-electron chi connectivity index (χ2n) is 9.73. The number of aromatic nitrogens is 1. The molecule has 2 aliphatic carbocycles. The zero-order valence-corrected chi connectivity index (χ0v) is 18.6. The van der Waals surface area contributed by atoms with Crippen LogP contribution in [-0.4, -0.2) is 4.98 Å². The molecule has 2 aliphatic rings. The van der Waals surface area contributed by atoms with Crippen LogP contribution in [0.2, 0.25) is 0 Å². The molecule has 2 saturated carbocycles. The average Bonchev–Trinajstić information content (AvgIpc) is 2.80. The fourth-order valence-corrected chi connectivity index (χ4v) is 5.84. The van der Waals surface area contributed by atoms with Crippen LogP contribution in [0.1, 0.15) is 107 Å². The molecule has 1 heterocycles. The highest BCUT2D eigenvalue weighted by molar-refractivity contribution is 5.59. The highest BCUT2D eigenvalue weighted by Crippen LogP contribution is 2.39. The van der Waals surface area contributed by atoms with Crippen LogP contribution in [-0.2, 0) is 0 Å². The number of hydrogen-bond donors (Lipinski definition) is 0. The molecule has 0 atom stereocenters. The fourth-order valence-electron chi connectivity index (χ4n) is 5.84. The van der Waals surface area contributed by atoms with Crippen molar-refractivity contribution in [1.29, 1.82) is 0 Å². The lowest BCUT2D eigenvalue weighted by Crippen LogP contribution is -2.13. The molecule has 2 fully saturated rings. The van der Waals surface area contributed by atoms with Crippen molar-refractivity contribution in [3.05, 3.63) is 53.7 Å². The van der Waals surface area contributed by atoms with Crippen molar-refractivity contribution in [1.82, 2.24) is 4.98 Å². The van der Waals surface area contributed by atoms with E-state index in [4.69, 9.17) is 4.98 Å². The van der Waals surface area contributed by atoms with Crippen LogP contribution >= 0.6 is 0 Å². The molecule has 0 amide bonds. The maximum Gasteiger partial charge on any atom is 0.0702 e. The van der Waals surface area contributed by atoms with Gasteiger partial charge >= 0.3 is 0 Å². The largest absolute Gasteiger partial charge is 0.256 e. The quantitative estimate of drug-likeness (QED) is 0.482. The van der Waals surface area contributed by atoms with Gasteiger partial charge in [-0.2, -0.15) is 0 Å². The van der Waals surface area contributed by atoms with Gasteiger partial charge in [-0.1, -0.05) is 63.4 Å². The molecule has 0 unspecified atom stereocenters. The molecular formula is C28H39N. The second-order valence-corrected chi connectivity index (χ2v) is 9.73. The number of pyridine rings is 1. The third-order valence-electron chi connectivity index (χ3n) is 7.90. The number of rotatable bonds is 6. The summed E-state index contributed by atoms with van der Waals surface area (Å²) >= 11 is 0. The minimum atomic E-state index is 0.727. The first kappa shape index (κ1) is 20.6. The molecule has 0 saturated heterocycles. The molecule has 156 valence electrons. The lowest BCUT2D eigenvalue weighted by molar-refractivity contribution is 0.308. The second kappa shape index (κ2) is 9.92. The minimum Gasteiger partial charge on any atom is -0.256 e. The fraction of sp³-hybridized carbons (Fsp3) is 0.607. The van der Waals surface area contributed by atoms with Crippen molar-refractivity contribution < 1.29 is 0 Å². The van der Waals surface area contributed by atoms with Gasteiger partial charge in [0.2, 0.25) is 0 Å². The zero-order valence-electron chi connectivity index (χ0n) is 18.6. The molecule has 1 nitrogen and oxygen atoms in total. The highest BCUT2D eigenvalue weighted by atomic mass is 14.7. The summed E-state index contributed by atoms with van der Waals surface area (Å²) < 4.78 is 0. The van der Waals surface area contributed by atoms with Gasteiger partial charge in [-0.15, -0.1) is 0 Å². The summed E-state index contributed by atoms with van der Waals surface area (Å²) in [5.74, 6) is 3.43. The van der Waals surface area contributed by atoms with Crippen LogP contribution < -0.4 is 0 Å². The van der Waals surface area contributed by atoms with Gasteiger partial charge in [0, 0.05) is 11.8 Å². The van der Waals surface area contributed by atoms with Crippen molar-refractivity contribution >= 4 is 0 Å². The van der Waals surface area contributed by atoms with Gasteiger partial charge in [0.25, 0.3) is 0 Å². The predicted octanol–water partition coefficient (Wildman–Crippen LogP) is 8.51. The Morgan fingerprint density at radius 3 is 1.83 bits per heavy atom. The van der Waals surface area contributed by atoms with Crippen LogP contribution in [0.15, 0.2) is 42.6 Å². The maximum atomic E-state index is 4.84. The maximum absolute atomic E-state index is 4.84. The molecule has 2 aromatic rings. The number of hydrogen-bond acceptors (Lipinski definition) is 1. The third-order valence-corrected chi connectivity index (χ3v) is 7.90. The van der Waals surface area contributed by atoms with E-state index in [1.54, 1.807) is 0 Å². The molecule has 29 heavy (non-hydrogen) atoms. The summed E-state index contributed by atoms with van der Waals surface area (Å²) in [6, 6.07) is 13.9. The average molecular weight is 390 g/mol. The Labute approximate surface area is 178 Å². The van der Waals surface area contributed by atoms with E-state index in [0.717, 1.165) is 29.4 Å². The van der Waals surface area contributed by atoms with Crippen molar-refractivity contribution in [3.8, 4) is 11.3 Å². The normalized spacial score (nSPS) is 27.7. The van der Waals surface area contributed by atoms with Gasteiger partial charge in [-0.05, 0) is 92.2 Å². The molecule has 0 spiro atoms. The molecule has 1 aromatic carbocycles. The predicted molar refractivity (Wildman–Crippen MR) is 124 cm³/mol. The van der Waals surface area contributed by atoms with Crippen molar-refractivity contribution in [2.45, 2.75) is 96.3 Å². The van der Waals surface area contributed by atoms with Gasteiger partial charge in [0.15, 0.2) is 0 Å². The van der Waals surface area contributed by atoms with Crippen molar-refractivity contribution in [2.24, 2.45) is 11.8 Å². The molecule has 1 aromatic heterocycles. The van der Waals surface area contributed by atoms with E-state index in [9.17, 15) is 0 Å². The summed E-state index contributed by atoms with van der Waals surface area (Å²) in [6.07, 6.45) is 17.3. The van der Waals surface area contributed by atoms with E-state index >= 15 is 0 Å². The highest BCUT2D eigenvalue weighted by Gasteiger charge is 2.23. The van der Waals surface area contributed by atoms with Crippen LogP contribution in [0.3, 0.4) is 0 Å². The molecule has 0 bridgehead atoms. The van der Waals surface area contributed by atoms with E-state index in [2.05, 4.69) is 56.4 Å². The van der Waals surface area contributed by atoms with Crippen LogP contribution in [0.5, 0.6) is 0 Å². The minimum absolute atomic E-state index is 0.727. The monoisotopic (exact) mass is 389 g/mol. The van der Waals surface area contributed by atoms with Crippen LogP contribution in [0.4, 0.5) is 0 Å². The summed E-state index contributed by atoms with van der Waals surface area (Å²) in [7, 11) is 0. The molecule has 0 N–H and O–H groups in total. The van der Waals surface area contributed by atoms with Gasteiger partial charge in [-0.25, -0.2) is 0 Å². The molecule has 1 heteroatoms. The Bertz CT molecular complexity index is 729. The molecule has 4 rings (SSSR count). The molecule has 0 radical (unpaired) electrons. The SMILES string of the molecule is CCCC1CCC(c2ccc(-c3ccc(C4CCC(CC)CC4)cc3)nc2)CC1. The lowest BCUT2D eigenvalue weighted by Gasteiger charge is -2.28. The third kappa shape index (κ3) is 5.11. The van der Waals surface area contributed by atoms with Gasteiger partial charge in [0.1, 0.15) is 0 Å². The Balaban J connectivity index is 1.36. The van der Waals surface area contributed by atoms with Gasteiger partial charge in [-0.3, -0.25) is 4.98 Å². The summed E-state index contributed by atoms with van der Waals surface area (Å²) in [4.78, 5) is 4.84. The van der Waals surface area contributed by atoms with E-state index in [1.807, 2.05) is 0 Å². The van der Waals surface area contributed by atoms with Crippen LogP contribution in [0.25, 0.3) is 11.3 Å². The van der Waals surface area contributed by atoms with Crippen molar-refractivity contribution in [3.63, 3.8) is 0 Å². The van der Waals surface area contributed by atoms with E-state index in [1.165, 1.54) is 87.3 Å². The number of benzene rings is 1. The first-order valence-electron chi connectivity index (χ1n) is 12.3.